The Kier molecular flexibility index (Phi) is 3.08. The summed E-state index contributed by atoms with van der Waals surface area (Å²) < 4.78 is 0. The zero-order valence-electron chi connectivity index (χ0n) is 11.1. The molecule has 0 atom stereocenters. The summed E-state index contributed by atoms with van der Waals surface area (Å²) in [6, 6.07) is 12.8. The molecule has 2 aromatic rings. The molecule has 1 aromatic heterocycles. The van der Waals surface area contributed by atoms with Crippen molar-refractivity contribution in [3.63, 3.8) is 0 Å². The molecule has 3 heteroatoms. The Morgan fingerprint density at radius 3 is 2.84 bits per heavy atom. The van der Waals surface area contributed by atoms with Crippen molar-refractivity contribution in [2.45, 2.75) is 32.2 Å². The molecule has 3 rings (SSSR count). The first-order valence-corrected chi connectivity index (χ1v) is 6.90. The number of benzene rings is 1. The van der Waals surface area contributed by atoms with Crippen LogP contribution in [0.3, 0.4) is 0 Å². The van der Waals surface area contributed by atoms with Gasteiger partial charge in [-0.15, -0.1) is 0 Å². The minimum absolute atomic E-state index is 0.584. The largest absolute Gasteiger partial charge is 0.353 e. The molecule has 3 nitrogen and oxygen atoms in total. The van der Waals surface area contributed by atoms with E-state index in [1.807, 2.05) is 30.3 Å². The van der Waals surface area contributed by atoms with Crippen LogP contribution in [0.4, 0.5) is 5.82 Å². The monoisotopic (exact) mass is 251 g/mol. The van der Waals surface area contributed by atoms with Gasteiger partial charge in [0.15, 0.2) is 0 Å². The van der Waals surface area contributed by atoms with Crippen molar-refractivity contribution in [3.8, 4) is 6.07 Å². The van der Waals surface area contributed by atoms with Crippen LogP contribution >= 0.6 is 0 Å². The maximum absolute atomic E-state index is 9.38. The van der Waals surface area contributed by atoms with Gasteiger partial charge < -0.3 is 4.90 Å². The van der Waals surface area contributed by atoms with E-state index in [4.69, 9.17) is 4.98 Å². The van der Waals surface area contributed by atoms with Crippen molar-refractivity contribution in [2.24, 2.45) is 0 Å². The Labute approximate surface area is 113 Å². The van der Waals surface area contributed by atoms with Crippen LogP contribution in [0, 0.1) is 11.3 Å². The number of fused-ring (bicyclic) bond motifs is 1. The fourth-order valence-electron chi connectivity index (χ4n) is 2.50. The van der Waals surface area contributed by atoms with Crippen molar-refractivity contribution >= 4 is 16.7 Å². The highest BCUT2D eigenvalue weighted by molar-refractivity contribution is 5.83. The molecular weight excluding hydrogens is 234 g/mol. The quantitative estimate of drug-likeness (QED) is 0.835. The predicted octanol–water partition coefficient (Wildman–Crippen LogP) is 3.49. The Hall–Kier alpha value is -2.08. The normalized spacial score (nSPS) is 14.3. The smallest absolute Gasteiger partial charge is 0.147 e. The molecule has 0 N–H and O–H groups in total. The average molecular weight is 251 g/mol. The lowest BCUT2D eigenvalue weighted by Crippen LogP contribution is -2.28. The second kappa shape index (κ2) is 4.89. The molecule has 1 aromatic carbocycles. The Morgan fingerprint density at radius 1 is 1.37 bits per heavy atom. The molecule has 19 heavy (non-hydrogen) atoms. The SMILES string of the molecule is CCCN(c1nc2ccccc2cc1C#N)C1CC1. The third kappa shape index (κ3) is 2.26. The van der Waals surface area contributed by atoms with Gasteiger partial charge in [-0.2, -0.15) is 5.26 Å². The van der Waals surface area contributed by atoms with Crippen LogP contribution in [-0.4, -0.2) is 17.6 Å². The highest BCUT2D eigenvalue weighted by atomic mass is 15.2. The van der Waals surface area contributed by atoms with Gasteiger partial charge in [0.2, 0.25) is 0 Å². The van der Waals surface area contributed by atoms with Crippen molar-refractivity contribution in [2.75, 3.05) is 11.4 Å². The van der Waals surface area contributed by atoms with Crippen molar-refractivity contribution < 1.29 is 0 Å². The molecule has 1 heterocycles. The number of nitrogens with zero attached hydrogens (tertiary/aromatic N) is 3. The molecule has 0 aliphatic heterocycles. The van der Waals surface area contributed by atoms with Gasteiger partial charge in [0.05, 0.1) is 11.1 Å². The zero-order chi connectivity index (χ0) is 13.2. The van der Waals surface area contributed by atoms with E-state index in [0.29, 0.717) is 11.6 Å². The first kappa shape index (κ1) is 12.0. The summed E-state index contributed by atoms with van der Waals surface area (Å²) in [7, 11) is 0. The van der Waals surface area contributed by atoms with E-state index in [2.05, 4.69) is 17.9 Å². The Balaban J connectivity index is 2.12. The van der Waals surface area contributed by atoms with Crippen LogP contribution in [-0.2, 0) is 0 Å². The fourth-order valence-corrected chi connectivity index (χ4v) is 2.50. The molecule has 0 bridgehead atoms. The second-order valence-corrected chi connectivity index (χ2v) is 5.09. The van der Waals surface area contributed by atoms with E-state index in [1.165, 1.54) is 12.8 Å². The van der Waals surface area contributed by atoms with Gasteiger partial charge in [0.25, 0.3) is 0 Å². The molecule has 0 saturated heterocycles. The molecule has 1 aliphatic rings. The van der Waals surface area contributed by atoms with Crippen LogP contribution in [0.15, 0.2) is 30.3 Å². The van der Waals surface area contributed by atoms with E-state index in [9.17, 15) is 5.26 Å². The Morgan fingerprint density at radius 2 is 2.16 bits per heavy atom. The zero-order valence-corrected chi connectivity index (χ0v) is 11.1. The number of para-hydroxylation sites is 1. The topological polar surface area (TPSA) is 39.9 Å². The highest BCUT2D eigenvalue weighted by Gasteiger charge is 2.30. The molecule has 1 saturated carbocycles. The summed E-state index contributed by atoms with van der Waals surface area (Å²) in [5, 5.41) is 10.4. The molecule has 0 amide bonds. The van der Waals surface area contributed by atoms with E-state index in [0.717, 1.165) is 29.7 Å². The number of hydrogen-bond acceptors (Lipinski definition) is 3. The number of hydrogen-bond donors (Lipinski definition) is 0. The predicted molar refractivity (Wildman–Crippen MR) is 77.1 cm³/mol. The maximum atomic E-state index is 9.38. The van der Waals surface area contributed by atoms with Crippen molar-refractivity contribution in [1.29, 1.82) is 5.26 Å². The van der Waals surface area contributed by atoms with Gasteiger partial charge >= 0.3 is 0 Å². The fraction of sp³-hybridized carbons (Fsp3) is 0.375. The number of nitriles is 1. The standard InChI is InChI=1S/C16H17N3/c1-2-9-19(14-7-8-14)16-13(11-17)10-12-5-3-4-6-15(12)18-16/h3-6,10,14H,2,7-9H2,1H3. The number of pyridine rings is 1. The number of aromatic nitrogens is 1. The molecule has 1 aliphatic carbocycles. The van der Waals surface area contributed by atoms with Gasteiger partial charge in [0.1, 0.15) is 11.9 Å². The molecular formula is C16H17N3. The molecule has 1 fully saturated rings. The molecule has 96 valence electrons. The minimum atomic E-state index is 0.584. The molecule has 0 spiro atoms. The lowest BCUT2D eigenvalue weighted by Gasteiger charge is -2.24. The van der Waals surface area contributed by atoms with Gasteiger partial charge in [0, 0.05) is 18.0 Å². The summed E-state index contributed by atoms with van der Waals surface area (Å²) in [6.07, 6.45) is 3.52. The second-order valence-electron chi connectivity index (χ2n) is 5.09. The Bertz CT molecular complexity index is 638. The molecule has 0 radical (unpaired) electrons. The summed E-state index contributed by atoms with van der Waals surface area (Å²) in [5.41, 5.74) is 1.66. The summed E-state index contributed by atoms with van der Waals surface area (Å²) in [4.78, 5) is 7.04. The first-order valence-electron chi connectivity index (χ1n) is 6.90. The van der Waals surface area contributed by atoms with E-state index >= 15 is 0 Å². The number of rotatable bonds is 4. The van der Waals surface area contributed by atoms with Crippen LogP contribution < -0.4 is 4.90 Å². The lowest BCUT2D eigenvalue weighted by atomic mass is 10.1. The van der Waals surface area contributed by atoms with Gasteiger partial charge in [-0.3, -0.25) is 0 Å². The van der Waals surface area contributed by atoms with Crippen LogP contribution in [0.25, 0.3) is 10.9 Å². The van der Waals surface area contributed by atoms with Crippen molar-refractivity contribution in [3.05, 3.63) is 35.9 Å². The van der Waals surface area contributed by atoms with Crippen LogP contribution in [0.2, 0.25) is 0 Å². The third-order valence-corrected chi connectivity index (χ3v) is 3.55. The number of anilines is 1. The minimum Gasteiger partial charge on any atom is -0.353 e. The highest BCUT2D eigenvalue weighted by Crippen LogP contribution is 2.33. The van der Waals surface area contributed by atoms with Gasteiger partial charge in [-0.25, -0.2) is 4.98 Å². The van der Waals surface area contributed by atoms with E-state index in [-0.39, 0.29) is 0 Å². The lowest BCUT2D eigenvalue weighted by molar-refractivity contribution is 0.751. The van der Waals surface area contributed by atoms with Crippen molar-refractivity contribution in [1.82, 2.24) is 4.98 Å². The third-order valence-electron chi connectivity index (χ3n) is 3.55. The maximum Gasteiger partial charge on any atom is 0.147 e. The summed E-state index contributed by atoms with van der Waals surface area (Å²) in [6.45, 7) is 3.15. The van der Waals surface area contributed by atoms with Crippen LogP contribution in [0.5, 0.6) is 0 Å². The molecule has 0 unspecified atom stereocenters. The average Bonchev–Trinajstić information content (AvgIpc) is 3.28. The van der Waals surface area contributed by atoms with Gasteiger partial charge in [-0.1, -0.05) is 25.1 Å². The van der Waals surface area contributed by atoms with E-state index in [1.54, 1.807) is 0 Å². The summed E-state index contributed by atoms with van der Waals surface area (Å²) >= 11 is 0. The van der Waals surface area contributed by atoms with Crippen LogP contribution in [0.1, 0.15) is 31.7 Å². The van der Waals surface area contributed by atoms with Gasteiger partial charge in [-0.05, 0) is 31.4 Å². The van der Waals surface area contributed by atoms with E-state index < -0.39 is 0 Å². The summed E-state index contributed by atoms with van der Waals surface area (Å²) in [5.74, 6) is 0.866. The first-order chi connectivity index (χ1) is 9.33.